The molecule has 0 aliphatic carbocycles. The maximum Gasteiger partial charge on any atom is 0.299 e. The van der Waals surface area contributed by atoms with Gasteiger partial charge in [-0.1, -0.05) is 47.5 Å². The predicted octanol–water partition coefficient (Wildman–Crippen LogP) is 4.31. The molecule has 0 fully saturated rings. The first kappa shape index (κ1) is 16.7. The van der Waals surface area contributed by atoms with Crippen molar-refractivity contribution in [1.82, 2.24) is 0 Å². The highest BCUT2D eigenvalue weighted by Gasteiger charge is 2.25. The van der Waals surface area contributed by atoms with Gasteiger partial charge in [0, 0.05) is 11.3 Å². The fourth-order valence-corrected chi connectivity index (χ4v) is 2.51. The lowest BCUT2D eigenvalue weighted by atomic mass is 10.1. The van der Waals surface area contributed by atoms with Crippen molar-refractivity contribution in [2.45, 2.75) is 20.4 Å². The highest BCUT2D eigenvalue weighted by molar-refractivity contribution is 6.47. The number of ketones is 1. The van der Waals surface area contributed by atoms with Crippen molar-refractivity contribution in [3.8, 4) is 0 Å². The summed E-state index contributed by atoms with van der Waals surface area (Å²) >= 11 is 0. The van der Waals surface area contributed by atoms with Gasteiger partial charge in [0.05, 0.1) is 12.8 Å². The van der Waals surface area contributed by atoms with Crippen LogP contribution >= 0.6 is 0 Å². The van der Waals surface area contributed by atoms with Crippen LogP contribution in [-0.2, 0) is 11.3 Å². The summed E-state index contributed by atoms with van der Waals surface area (Å²) in [5.74, 6) is -0.498. The van der Waals surface area contributed by atoms with E-state index in [-0.39, 0.29) is 6.54 Å². The Morgan fingerprint density at radius 2 is 1.48 bits per heavy atom. The summed E-state index contributed by atoms with van der Waals surface area (Å²) in [5, 5.41) is 0. The van der Waals surface area contributed by atoms with Crippen LogP contribution in [0.1, 0.15) is 27.2 Å². The lowest BCUT2D eigenvalue weighted by Gasteiger charge is -2.21. The third-order valence-electron chi connectivity index (χ3n) is 3.99. The molecule has 0 radical (unpaired) electrons. The van der Waals surface area contributed by atoms with E-state index in [1.54, 1.807) is 30.5 Å². The highest BCUT2D eigenvalue weighted by atomic mass is 16.3. The number of benzene rings is 2. The number of nitrogens with zero attached hydrogens (tertiary/aromatic N) is 1. The molecule has 1 heterocycles. The van der Waals surface area contributed by atoms with Gasteiger partial charge in [-0.15, -0.1) is 0 Å². The molecule has 126 valence electrons. The fourth-order valence-electron chi connectivity index (χ4n) is 2.51. The number of amides is 1. The molecule has 4 heteroatoms. The molecule has 0 atom stereocenters. The Kier molecular flexibility index (Phi) is 4.80. The van der Waals surface area contributed by atoms with E-state index < -0.39 is 11.7 Å². The van der Waals surface area contributed by atoms with Crippen molar-refractivity contribution < 1.29 is 14.0 Å². The van der Waals surface area contributed by atoms with Gasteiger partial charge in [0.2, 0.25) is 0 Å². The van der Waals surface area contributed by atoms with E-state index in [0.29, 0.717) is 17.0 Å². The van der Waals surface area contributed by atoms with Crippen LogP contribution in [0.5, 0.6) is 0 Å². The predicted molar refractivity (Wildman–Crippen MR) is 96.6 cm³/mol. The topological polar surface area (TPSA) is 50.5 Å². The van der Waals surface area contributed by atoms with Crippen LogP contribution in [0.2, 0.25) is 0 Å². The molecule has 3 rings (SSSR count). The second-order valence-electron chi connectivity index (χ2n) is 6.00. The number of furan rings is 1. The molecule has 0 saturated carbocycles. The minimum absolute atomic E-state index is 0.201. The van der Waals surface area contributed by atoms with Crippen molar-refractivity contribution in [3.05, 3.63) is 89.4 Å². The van der Waals surface area contributed by atoms with Crippen LogP contribution in [0.3, 0.4) is 0 Å². The molecule has 0 N–H and O–H groups in total. The van der Waals surface area contributed by atoms with Crippen LogP contribution in [0, 0.1) is 13.8 Å². The van der Waals surface area contributed by atoms with E-state index in [1.807, 2.05) is 50.2 Å². The van der Waals surface area contributed by atoms with Crippen LogP contribution in [0.4, 0.5) is 5.69 Å². The molecule has 0 aliphatic rings. The van der Waals surface area contributed by atoms with Crippen LogP contribution in [0.25, 0.3) is 0 Å². The maximum atomic E-state index is 12.9. The lowest BCUT2D eigenvalue weighted by Crippen LogP contribution is -2.36. The Bertz CT molecular complexity index is 863. The van der Waals surface area contributed by atoms with Crippen LogP contribution in [-0.4, -0.2) is 11.7 Å². The molecule has 1 aromatic heterocycles. The van der Waals surface area contributed by atoms with Crippen LogP contribution < -0.4 is 4.90 Å². The maximum absolute atomic E-state index is 12.9. The summed E-state index contributed by atoms with van der Waals surface area (Å²) in [6.45, 7) is 4.11. The summed E-state index contributed by atoms with van der Waals surface area (Å²) in [4.78, 5) is 27.0. The molecule has 0 unspecified atom stereocenters. The van der Waals surface area contributed by atoms with Gasteiger partial charge in [-0.25, -0.2) is 0 Å². The molecule has 0 bridgehead atoms. The zero-order valence-corrected chi connectivity index (χ0v) is 14.2. The Balaban J connectivity index is 1.92. The van der Waals surface area contributed by atoms with E-state index in [9.17, 15) is 9.59 Å². The number of hydrogen-bond acceptors (Lipinski definition) is 3. The smallest absolute Gasteiger partial charge is 0.299 e. The number of Topliss-reactive ketones (excluding diaryl/α,β-unsaturated/α-hetero) is 1. The molecular formula is C21H19NO3. The number of aryl methyl sites for hydroxylation is 2. The minimum Gasteiger partial charge on any atom is -0.467 e. The SMILES string of the molecule is Cc1ccc(C(=O)C(=O)N(Cc2ccco2)c2ccc(C)cc2)cc1. The van der Waals surface area contributed by atoms with E-state index in [2.05, 4.69) is 0 Å². The van der Waals surface area contributed by atoms with Crippen molar-refractivity contribution >= 4 is 17.4 Å². The fraction of sp³-hybridized carbons (Fsp3) is 0.143. The Hall–Kier alpha value is -3.14. The summed E-state index contributed by atoms with van der Waals surface area (Å²) < 4.78 is 5.36. The van der Waals surface area contributed by atoms with Crippen molar-refractivity contribution in [3.63, 3.8) is 0 Å². The molecule has 4 nitrogen and oxygen atoms in total. The van der Waals surface area contributed by atoms with Gasteiger partial charge in [-0.05, 0) is 38.1 Å². The molecule has 0 spiro atoms. The Morgan fingerprint density at radius 1 is 0.880 bits per heavy atom. The summed E-state index contributed by atoms with van der Waals surface area (Å²) in [5.41, 5.74) is 3.16. The number of anilines is 1. The van der Waals surface area contributed by atoms with Gasteiger partial charge in [0.15, 0.2) is 0 Å². The van der Waals surface area contributed by atoms with Crippen molar-refractivity contribution in [1.29, 1.82) is 0 Å². The number of carbonyl (C=O) groups excluding carboxylic acids is 2. The average Bonchev–Trinajstić information content (AvgIpc) is 3.13. The van der Waals surface area contributed by atoms with E-state index in [1.165, 1.54) is 4.90 Å². The number of carbonyl (C=O) groups is 2. The largest absolute Gasteiger partial charge is 0.467 e. The Morgan fingerprint density at radius 3 is 2.04 bits per heavy atom. The Labute approximate surface area is 146 Å². The molecule has 1 amide bonds. The molecule has 0 saturated heterocycles. The molecular weight excluding hydrogens is 314 g/mol. The minimum atomic E-state index is -0.580. The molecule has 25 heavy (non-hydrogen) atoms. The first-order valence-electron chi connectivity index (χ1n) is 8.06. The van der Waals surface area contributed by atoms with E-state index in [4.69, 9.17) is 4.42 Å². The molecule has 0 aliphatic heterocycles. The third kappa shape index (κ3) is 3.86. The summed E-state index contributed by atoms with van der Waals surface area (Å²) in [6.07, 6.45) is 1.55. The van der Waals surface area contributed by atoms with Gasteiger partial charge in [0.25, 0.3) is 11.7 Å². The number of hydrogen-bond donors (Lipinski definition) is 0. The van der Waals surface area contributed by atoms with Gasteiger partial charge in [-0.3, -0.25) is 14.5 Å². The quantitative estimate of drug-likeness (QED) is 0.516. The van der Waals surface area contributed by atoms with Crippen molar-refractivity contribution in [2.75, 3.05) is 4.90 Å². The summed E-state index contributed by atoms with van der Waals surface area (Å²) in [7, 11) is 0. The first-order valence-corrected chi connectivity index (χ1v) is 8.06. The van der Waals surface area contributed by atoms with Gasteiger partial charge in [0.1, 0.15) is 5.76 Å². The highest BCUT2D eigenvalue weighted by Crippen LogP contribution is 2.20. The van der Waals surface area contributed by atoms with E-state index in [0.717, 1.165) is 11.1 Å². The zero-order chi connectivity index (χ0) is 17.8. The third-order valence-corrected chi connectivity index (χ3v) is 3.99. The van der Waals surface area contributed by atoms with Gasteiger partial charge >= 0.3 is 0 Å². The van der Waals surface area contributed by atoms with Gasteiger partial charge < -0.3 is 4.42 Å². The monoisotopic (exact) mass is 333 g/mol. The average molecular weight is 333 g/mol. The zero-order valence-electron chi connectivity index (χ0n) is 14.2. The van der Waals surface area contributed by atoms with Gasteiger partial charge in [-0.2, -0.15) is 0 Å². The standard InChI is InChI=1S/C21H19NO3/c1-15-5-9-17(10-6-15)20(23)21(24)22(14-19-4-3-13-25-19)18-11-7-16(2)8-12-18/h3-13H,14H2,1-2H3. The first-order chi connectivity index (χ1) is 12.0. The second kappa shape index (κ2) is 7.18. The molecule has 2 aromatic carbocycles. The normalized spacial score (nSPS) is 10.5. The number of rotatable bonds is 5. The van der Waals surface area contributed by atoms with Crippen LogP contribution in [0.15, 0.2) is 71.3 Å². The summed E-state index contributed by atoms with van der Waals surface area (Å²) in [6, 6.07) is 18.0. The molecule has 3 aromatic rings. The van der Waals surface area contributed by atoms with E-state index >= 15 is 0 Å². The second-order valence-corrected chi connectivity index (χ2v) is 6.00. The lowest BCUT2D eigenvalue weighted by molar-refractivity contribution is -0.114. The van der Waals surface area contributed by atoms with Crippen molar-refractivity contribution in [2.24, 2.45) is 0 Å².